The lowest BCUT2D eigenvalue weighted by Crippen LogP contribution is -2.06. The third-order valence-electron chi connectivity index (χ3n) is 2.92. The van der Waals surface area contributed by atoms with Gasteiger partial charge < -0.3 is 14.6 Å². The van der Waals surface area contributed by atoms with Gasteiger partial charge in [-0.25, -0.2) is 9.59 Å². The van der Waals surface area contributed by atoms with Crippen LogP contribution in [0.4, 0.5) is 0 Å². The average molecular weight is 318 g/mol. The molecular formula is C16H14O5S. The number of methoxy groups -OCH3 is 2. The Morgan fingerprint density at radius 1 is 1.05 bits per heavy atom. The van der Waals surface area contributed by atoms with Crippen LogP contribution in [0.25, 0.3) is 0 Å². The Bertz CT molecular complexity index is 694. The zero-order valence-electron chi connectivity index (χ0n) is 12.0. The molecule has 0 unspecified atom stereocenters. The molecule has 0 radical (unpaired) electrons. The minimum absolute atomic E-state index is 0.0412. The third kappa shape index (κ3) is 3.59. The van der Waals surface area contributed by atoms with Crippen LogP contribution < -0.4 is 4.74 Å². The Morgan fingerprint density at radius 3 is 2.27 bits per heavy atom. The highest BCUT2D eigenvalue weighted by molar-refractivity contribution is 7.99. The average Bonchev–Trinajstić information content (AvgIpc) is 2.55. The molecule has 2 aromatic rings. The fourth-order valence-electron chi connectivity index (χ4n) is 1.79. The summed E-state index contributed by atoms with van der Waals surface area (Å²) in [7, 11) is 2.85. The Kier molecular flexibility index (Phi) is 5.06. The van der Waals surface area contributed by atoms with Crippen LogP contribution >= 0.6 is 11.8 Å². The zero-order valence-corrected chi connectivity index (χ0v) is 12.8. The number of carboxylic acids is 1. The van der Waals surface area contributed by atoms with Crippen LogP contribution in [-0.2, 0) is 4.74 Å². The van der Waals surface area contributed by atoms with E-state index in [0.717, 1.165) is 10.6 Å². The number of hydrogen-bond acceptors (Lipinski definition) is 5. The number of benzene rings is 2. The number of aromatic carboxylic acids is 1. The van der Waals surface area contributed by atoms with Crippen molar-refractivity contribution in [3.8, 4) is 5.75 Å². The summed E-state index contributed by atoms with van der Waals surface area (Å²) in [6, 6.07) is 11.7. The first-order valence-corrected chi connectivity index (χ1v) is 7.14. The molecule has 0 spiro atoms. The van der Waals surface area contributed by atoms with Crippen molar-refractivity contribution in [3.63, 3.8) is 0 Å². The number of carboxylic acid groups (broad SMARTS) is 1. The molecule has 0 atom stereocenters. The molecule has 114 valence electrons. The second-order valence-electron chi connectivity index (χ2n) is 4.29. The van der Waals surface area contributed by atoms with Crippen molar-refractivity contribution in [1.82, 2.24) is 0 Å². The molecule has 0 aliphatic heterocycles. The minimum atomic E-state index is -1.09. The van der Waals surface area contributed by atoms with Gasteiger partial charge in [0.2, 0.25) is 0 Å². The van der Waals surface area contributed by atoms with Gasteiger partial charge in [-0.15, -0.1) is 0 Å². The molecule has 0 aliphatic rings. The van der Waals surface area contributed by atoms with Crippen LogP contribution in [0.2, 0.25) is 0 Å². The molecule has 0 aliphatic carbocycles. The van der Waals surface area contributed by atoms with Crippen molar-refractivity contribution in [1.29, 1.82) is 0 Å². The van der Waals surface area contributed by atoms with Gasteiger partial charge in [-0.3, -0.25) is 0 Å². The van der Waals surface area contributed by atoms with Crippen LogP contribution in [-0.4, -0.2) is 31.3 Å². The zero-order chi connectivity index (χ0) is 16.1. The second kappa shape index (κ2) is 7.00. The van der Waals surface area contributed by atoms with E-state index in [1.54, 1.807) is 13.2 Å². The molecule has 0 saturated carbocycles. The molecule has 0 saturated heterocycles. The number of rotatable bonds is 5. The maximum Gasteiger partial charge on any atom is 0.339 e. The molecule has 6 heteroatoms. The molecular weight excluding hydrogens is 304 g/mol. The van der Waals surface area contributed by atoms with Crippen molar-refractivity contribution in [2.45, 2.75) is 9.79 Å². The van der Waals surface area contributed by atoms with Gasteiger partial charge in [0.15, 0.2) is 0 Å². The van der Waals surface area contributed by atoms with Crippen molar-refractivity contribution in [2.24, 2.45) is 0 Å². The van der Waals surface area contributed by atoms with Crippen LogP contribution in [0.1, 0.15) is 20.7 Å². The fourth-order valence-corrected chi connectivity index (χ4v) is 2.71. The molecule has 2 aromatic carbocycles. The lowest BCUT2D eigenvalue weighted by atomic mass is 10.1. The monoisotopic (exact) mass is 318 g/mol. The van der Waals surface area contributed by atoms with Crippen LogP contribution in [0, 0.1) is 0 Å². The van der Waals surface area contributed by atoms with Crippen LogP contribution in [0.3, 0.4) is 0 Å². The standard InChI is InChI=1S/C16H14O5S/c1-20-11-4-6-12(7-5-11)22-14-8-3-10(15(17)18)9-13(14)16(19)21-2/h3-9H,1-2H3,(H,17,18). The van der Waals surface area contributed by atoms with E-state index in [1.165, 1.54) is 31.0 Å². The maximum atomic E-state index is 11.9. The largest absolute Gasteiger partial charge is 0.497 e. The van der Waals surface area contributed by atoms with E-state index in [0.29, 0.717) is 4.90 Å². The van der Waals surface area contributed by atoms with E-state index in [2.05, 4.69) is 0 Å². The van der Waals surface area contributed by atoms with Gasteiger partial charge in [-0.2, -0.15) is 0 Å². The number of ether oxygens (including phenoxy) is 2. The highest BCUT2D eigenvalue weighted by atomic mass is 32.2. The number of esters is 1. The molecule has 0 bridgehead atoms. The first kappa shape index (κ1) is 15.9. The molecule has 0 aromatic heterocycles. The predicted octanol–water partition coefficient (Wildman–Crippen LogP) is 3.33. The van der Waals surface area contributed by atoms with E-state index in [-0.39, 0.29) is 11.1 Å². The molecule has 1 N–H and O–H groups in total. The Hall–Kier alpha value is -2.47. The van der Waals surface area contributed by atoms with Gasteiger partial charge in [0.1, 0.15) is 5.75 Å². The van der Waals surface area contributed by atoms with Crippen molar-refractivity contribution in [3.05, 3.63) is 53.6 Å². The topological polar surface area (TPSA) is 72.8 Å². The Balaban J connectivity index is 2.36. The summed E-state index contributed by atoms with van der Waals surface area (Å²) in [6.07, 6.45) is 0. The van der Waals surface area contributed by atoms with Crippen LogP contribution in [0.5, 0.6) is 5.75 Å². The lowest BCUT2D eigenvalue weighted by Gasteiger charge is -2.09. The molecule has 22 heavy (non-hydrogen) atoms. The summed E-state index contributed by atoms with van der Waals surface area (Å²) in [5, 5.41) is 9.03. The highest BCUT2D eigenvalue weighted by Gasteiger charge is 2.16. The van der Waals surface area contributed by atoms with Gasteiger partial charge in [0.25, 0.3) is 0 Å². The van der Waals surface area contributed by atoms with Crippen molar-refractivity contribution in [2.75, 3.05) is 14.2 Å². The number of hydrogen-bond donors (Lipinski definition) is 1. The summed E-state index contributed by atoms with van der Waals surface area (Å²) in [5.74, 6) is -0.927. The van der Waals surface area contributed by atoms with Gasteiger partial charge in [-0.05, 0) is 42.5 Å². The van der Waals surface area contributed by atoms with Gasteiger partial charge >= 0.3 is 11.9 Å². The lowest BCUT2D eigenvalue weighted by molar-refractivity contribution is 0.0597. The van der Waals surface area contributed by atoms with E-state index in [1.807, 2.05) is 24.3 Å². The van der Waals surface area contributed by atoms with Gasteiger partial charge in [-0.1, -0.05) is 11.8 Å². The molecule has 0 heterocycles. The maximum absolute atomic E-state index is 11.9. The smallest absolute Gasteiger partial charge is 0.339 e. The van der Waals surface area contributed by atoms with Crippen molar-refractivity contribution >= 4 is 23.7 Å². The van der Waals surface area contributed by atoms with E-state index < -0.39 is 11.9 Å². The summed E-state index contributed by atoms with van der Waals surface area (Å²) in [5.41, 5.74) is 0.266. The Labute approximate surface area is 131 Å². The van der Waals surface area contributed by atoms with Gasteiger partial charge in [0, 0.05) is 9.79 Å². The van der Waals surface area contributed by atoms with Crippen LogP contribution in [0.15, 0.2) is 52.3 Å². The summed E-state index contributed by atoms with van der Waals surface area (Å²) < 4.78 is 9.81. The number of carbonyl (C=O) groups excluding carboxylic acids is 1. The highest BCUT2D eigenvalue weighted by Crippen LogP contribution is 2.32. The second-order valence-corrected chi connectivity index (χ2v) is 5.40. The van der Waals surface area contributed by atoms with Gasteiger partial charge in [0.05, 0.1) is 25.3 Å². The third-order valence-corrected chi connectivity index (χ3v) is 4.00. The SMILES string of the molecule is COC(=O)c1cc(C(=O)O)ccc1Sc1ccc(OC)cc1. The molecule has 0 fully saturated rings. The summed E-state index contributed by atoms with van der Waals surface area (Å²) in [6.45, 7) is 0. The summed E-state index contributed by atoms with van der Waals surface area (Å²) in [4.78, 5) is 24.4. The quantitative estimate of drug-likeness (QED) is 0.853. The predicted molar refractivity (Wildman–Crippen MR) is 81.9 cm³/mol. The molecule has 0 amide bonds. The van der Waals surface area contributed by atoms with Crippen molar-refractivity contribution < 1.29 is 24.2 Å². The van der Waals surface area contributed by atoms with E-state index >= 15 is 0 Å². The molecule has 5 nitrogen and oxygen atoms in total. The molecule has 2 rings (SSSR count). The summed E-state index contributed by atoms with van der Waals surface area (Å²) >= 11 is 1.35. The van der Waals surface area contributed by atoms with E-state index in [9.17, 15) is 9.59 Å². The first-order valence-electron chi connectivity index (χ1n) is 6.32. The fraction of sp³-hybridized carbons (Fsp3) is 0.125. The Morgan fingerprint density at radius 2 is 1.73 bits per heavy atom. The minimum Gasteiger partial charge on any atom is -0.497 e. The normalized spacial score (nSPS) is 10.1. The number of carbonyl (C=O) groups is 2. The first-order chi connectivity index (χ1) is 10.5. The van der Waals surface area contributed by atoms with E-state index in [4.69, 9.17) is 14.6 Å².